The van der Waals surface area contributed by atoms with E-state index < -0.39 is 22.1 Å². The summed E-state index contributed by atoms with van der Waals surface area (Å²) in [5.41, 5.74) is 6.81. The zero-order chi connectivity index (χ0) is 32.2. The number of carboxylic acid groups (broad SMARTS) is 1. The molecule has 45 heavy (non-hydrogen) atoms. The second-order valence-electron chi connectivity index (χ2n) is 12.0. The summed E-state index contributed by atoms with van der Waals surface area (Å²) in [4.78, 5) is 25.7. The van der Waals surface area contributed by atoms with E-state index in [1.807, 2.05) is 30.3 Å². The maximum atomic E-state index is 13.2. The van der Waals surface area contributed by atoms with Crippen molar-refractivity contribution >= 4 is 44.6 Å². The lowest BCUT2D eigenvalue weighted by Gasteiger charge is -2.24. The van der Waals surface area contributed by atoms with E-state index >= 15 is 0 Å². The van der Waals surface area contributed by atoms with Crippen LogP contribution < -0.4 is 9.46 Å². The summed E-state index contributed by atoms with van der Waals surface area (Å²) in [6.07, 6.45) is 7.50. The Morgan fingerprint density at radius 3 is 2.47 bits per heavy atom. The number of rotatable bonds is 7. The van der Waals surface area contributed by atoms with Crippen molar-refractivity contribution in [1.29, 1.82) is 0 Å². The molecule has 2 aromatic carbocycles. The number of nitrogens with zero attached hydrogens (tertiary/aromatic N) is 4. The van der Waals surface area contributed by atoms with E-state index in [0.29, 0.717) is 23.7 Å². The number of methoxy groups -OCH3 is 1. The summed E-state index contributed by atoms with van der Waals surface area (Å²) in [7, 11) is 2.06. The highest BCUT2D eigenvalue weighted by molar-refractivity contribution is 7.87. The van der Waals surface area contributed by atoms with Crippen LogP contribution in [0.25, 0.3) is 33.8 Å². The second-order valence-corrected chi connectivity index (χ2v) is 13.9. The first-order valence-electron chi connectivity index (χ1n) is 15.0. The molecule has 0 radical (unpaired) electrons. The predicted molar refractivity (Wildman–Crippen MR) is 173 cm³/mol. The van der Waals surface area contributed by atoms with Crippen LogP contribution in [0, 0.1) is 6.92 Å². The Kier molecular flexibility index (Phi) is 7.82. The maximum Gasteiger partial charge on any atom is 0.339 e. The molecule has 12 heteroatoms. The first-order valence-corrected chi connectivity index (χ1v) is 16.4. The lowest BCUT2D eigenvalue weighted by Crippen LogP contribution is -2.39. The van der Waals surface area contributed by atoms with E-state index in [4.69, 9.17) is 4.74 Å². The minimum Gasteiger partial charge on any atom is -0.497 e. The zero-order valence-corrected chi connectivity index (χ0v) is 26.9. The van der Waals surface area contributed by atoms with Crippen molar-refractivity contribution in [2.24, 2.45) is 7.05 Å². The van der Waals surface area contributed by atoms with Crippen molar-refractivity contribution in [1.82, 2.24) is 23.4 Å². The SMILES string of the molecule is COc1ccc2c(c1)C=C(c1c(C(=O)O)c(C)nn1C)Cn1c-2c(C2CCCCC2)c2ccc(C(=O)NS(=O)(=O)N(C)C)cc21. The topological polar surface area (TPSA) is 136 Å². The van der Waals surface area contributed by atoms with Gasteiger partial charge in [-0.3, -0.25) is 9.48 Å². The van der Waals surface area contributed by atoms with Gasteiger partial charge in [-0.25, -0.2) is 9.52 Å². The molecule has 1 aliphatic carbocycles. The normalized spacial score (nSPS) is 15.4. The number of aromatic nitrogens is 3. The fraction of sp³-hybridized carbons (Fsp3) is 0.364. The molecule has 1 aliphatic heterocycles. The third-order valence-electron chi connectivity index (χ3n) is 8.99. The lowest BCUT2D eigenvalue weighted by molar-refractivity contribution is 0.0695. The number of hydrogen-bond donors (Lipinski definition) is 2. The molecule has 2 aromatic heterocycles. The number of amides is 1. The summed E-state index contributed by atoms with van der Waals surface area (Å²) in [6, 6.07) is 11.3. The van der Waals surface area contributed by atoms with Crippen molar-refractivity contribution in [2.45, 2.75) is 51.5 Å². The number of ether oxygens (including phenoxy) is 1. The van der Waals surface area contributed by atoms with E-state index in [1.165, 1.54) is 26.1 Å². The molecule has 1 saturated carbocycles. The van der Waals surface area contributed by atoms with Gasteiger partial charge in [0.2, 0.25) is 0 Å². The fourth-order valence-corrected chi connectivity index (χ4v) is 7.41. The molecule has 0 spiro atoms. The number of hydrogen-bond acceptors (Lipinski definition) is 6. The van der Waals surface area contributed by atoms with Crippen LogP contribution in [0.3, 0.4) is 0 Å². The summed E-state index contributed by atoms with van der Waals surface area (Å²) in [6.45, 7) is 1.99. The van der Waals surface area contributed by atoms with Crippen molar-refractivity contribution in [3.63, 3.8) is 0 Å². The lowest BCUT2D eigenvalue weighted by atomic mass is 9.81. The molecule has 3 heterocycles. The number of carbonyl (C=O) groups excluding carboxylic acids is 1. The average molecular weight is 632 g/mol. The van der Waals surface area contributed by atoms with Crippen molar-refractivity contribution in [2.75, 3.05) is 21.2 Å². The van der Waals surface area contributed by atoms with Crippen LogP contribution >= 0.6 is 0 Å². The number of benzene rings is 2. The minimum absolute atomic E-state index is 0.134. The summed E-state index contributed by atoms with van der Waals surface area (Å²) >= 11 is 0. The molecule has 1 amide bonds. The predicted octanol–water partition coefficient (Wildman–Crippen LogP) is 5.20. The van der Waals surface area contributed by atoms with Crippen LogP contribution in [0.4, 0.5) is 0 Å². The first-order chi connectivity index (χ1) is 21.4. The van der Waals surface area contributed by atoms with Crippen LogP contribution in [0.15, 0.2) is 36.4 Å². The minimum atomic E-state index is -4.00. The van der Waals surface area contributed by atoms with E-state index in [-0.39, 0.29) is 17.0 Å². The van der Waals surface area contributed by atoms with E-state index in [0.717, 1.165) is 63.3 Å². The van der Waals surface area contributed by atoms with E-state index in [1.54, 1.807) is 37.9 Å². The van der Waals surface area contributed by atoms with Gasteiger partial charge in [-0.05, 0) is 78.8 Å². The molecular weight excluding hydrogens is 594 g/mol. The zero-order valence-electron chi connectivity index (χ0n) is 26.0. The van der Waals surface area contributed by atoms with E-state index in [9.17, 15) is 23.1 Å². The van der Waals surface area contributed by atoms with Gasteiger partial charge >= 0.3 is 16.2 Å². The molecule has 11 nitrogen and oxygen atoms in total. The Labute approximate surface area is 262 Å². The van der Waals surface area contributed by atoms with Gasteiger partial charge in [0.1, 0.15) is 11.3 Å². The van der Waals surface area contributed by atoms with Crippen molar-refractivity contribution in [3.05, 3.63) is 70.0 Å². The Hall–Kier alpha value is -4.42. The number of allylic oxidation sites excluding steroid dienone is 1. The van der Waals surface area contributed by atoms with Crippen LogP contribution in [-0.2, 0) is 23.8 Å². The van der Waals surface area contributed by atoms with Gasteiger partial charge in [-0.15, -0.1) is 0 Å². The fourth-order valence-electron chi connectivity index (χ4n) is 6.88. The Balaban J connectivity index is 1.65. The quantitative estimate of drug-likeness (QED) is 0.286. The van der Waals surface area contributed by atoms with Crippen molar-refractivity contribution in [3.8, 4) is 17.0 Å². The summed E-state index contributed by atoms with van der Waals surface area (Å²) in [5, 5.41) is 15.7. The average Bonchev–Trinajstić information content (AvgIpc) is 3.42. The summed E-state index contributed by atoms with van der Waals surface area (Å²) < 4.78 is 37.4. The van der Waals surface area contributed by atoms with Gasteiger partial charge in [0.25, 0.3) is 5.91 Å². The molecule has 6 rings (SSSR count). The van der Waals surface area contributed by atoms with E-state index in [2.05, 4.69) is 14.4 Å². The molecule has 2 N–H and O–H groups in total. The van der Waals surface area contributed by atoms with Gasteiger partial charge in [0, 0.05) is 43.2 Å². The Morgan fingerprint density at radius 2 is 1.80 bits per heavy atom. The van der Waals surface area contributed by atoms with Crippen LogP contribution in [0.1, 0.15) is 81.3 Å². The van der Waals surface area contributed by atoms with Gasteiger partial charge in [-0.1, -0.05) is 25.3 Å². The highest BCUT2D eigenvalue weighted by Crippen LogP contribution is 2.48. The number of aryl methyl sites for hydroxylation is 2. The third kappa shape index (κ3) is 5.31. The molecule has 0 unspecified atom stereocenters. The summed E-state index contributed by atoms with van der Waals surface area (Å²) in [5.74, 6) is -0.830. The number of fused-ring (bicyclic) bond motifs is 5. The molecule has 4 aromatic rings. The molecule has 0 saturated heterocycles. The van der Waals surface area contributed by atoms with Crippen LogP contribution in [0.2, 0.25) is 0 Å². The number of carbonyl (C=O) groups is 2. The Morgan fingerprint density at radius 1 is 1.07 bits per heavy atom. The standard InChI is InChI=1S/C33H37N5O6S/c1-19-28(33(40)41)30(37(4)34-19)23-15-22-16-24(44-5)12-14-25(22)31-29(20-9-7-6-8-10-20)26-13-11-21(17-27(26)38(31)18-23)32(39)35-45(42,43)36(2)3/h11-17,20H,6-10,18H2,1-5H3,(H,35,39)(H,40,41). The number of carboxylic acids is 1. The Bertz CT molecular complexity index is 2000. The molecule has 0 atom stereocenters. The molecule has 2 aliphatic rings. The maximum absolute atomic E-state index is 13.2. The second kappa shape index (κ2) is 11.5. The van der Waals surface area contributed by atoms with Crippen LogP contribution in [0.5, 0.6) is 5.75 Å². The van der Waals surface area contributed by atoms with Gasteiger partial charge in [0.05, 0.1) is 30.7 Å². The highest BCUT2D eigenvalue weighted by Gasteiger charge is 2.32. The monoisotopic (exact) mass is 631 g/mol. The number of nitrogens with one attached hydrogen (secondary N) is 1. The third-order valence-corrected chi connectivity index (χ3v) is 10.4. The molecule has 1 fully saturated rings. The van der Waals surface area contributed by atoms with Gasteiger partial charge in [-0.2, -0.15) is 17.8 Å². The van der Waals surface area contributed by atoms with Gasteiger partial charge in [0.15, 0.2) is 0 Å². The molecule has 236 valence electrons. The highest BCUT2D eigenvalue weighted by atomic mass is 32.2. The number of aromatic carboxylic acids is 1. The smallest absolute Gasteiger partial charge is 0.339 e. The first kappa shape index (κ1) is 30.6. The van der Waals surface area contributed by atoms with Gasteiger partial charge < -0.3 is 14.4 Å². The molecule has 0 bridgehead atoms. The largest absolute Gasteiger partial charge is 0.497 e. The van der Waals surface area contributed by atoms with Crippen molar-refractivity contribution < 1.29 is 27.9 Å². The molecular formula is C33H37N5O6S. The van der Waals surface area contributed by atoms with Crippen LogP contribution in [-0.4, -0.2) is 65.3 Å².